The fraction of sp³-hybridized carbons (Fsp3) is 0.250. The van der Waals surface area contributed by atoms with Crippen molar-refractivity contribution in [2.75, 3.05) is 4.90 Å². The molecule has 3 aromatic rings. The molecular weight excluding hydrogens is 417 g/mol. The molecule has 0 spiro atoms. The summed E-state index contributed by atoms with van der Waals surface area (Å²) in [6, 6.07) is 8.30. The summed E-state index contributed by atoms with van der Waals surface area (Å²) in [6.07, 6.45) is 3.37. The van der Waals surface area contributed by atoms with Crippen LogP contribution in [0.15, 0.2) is 53.7 Å². The van der Waals surface area contributed by atoms with Gasteiger partial charge in [0.2, 0.25) is 0 Å². The van der Waals surface area contributed by atoms with Gasteiger partial charge in [0.1, 0.15) is 11.2 Å². The van der Waals surface area contributed by atoms with Crippen LogP contribution in [0, 0.1) is 0 Å². The van der Waals surface area contributed by atoms with Crippen LogP contribution in [0.4, 0.5) is 23.7 Å². The van der Waals surface area contributed by atoms with E-state index < -0.39 is 23.0 Å². The van der Waals surface area contributed by atoms with Gasteiger partial charge in [-0.05, 0) is 67.6 Å². The van der Waals surface area contributed by atoms with Gasteiger partial charge in [0, 0.05) is 29.2 Å². The predicted molar refractivity (Wildman–Crippen MR) is 107 cm³/mol. The lowest BCUT2D eigenvalue weighted by molar-refractivity contribution is -0.123. The molecule has 1 saturated heterocycles. The summed E-state index contributed by atoms with van der Waals surface area (Å²) in [6.45, 7) is 3.49. The minimum atomic E-state index is -4.41. The van der Waals surface area contributed by atoms with E-state index in [4.69, 9.17) is 0 Å². The molecule has 30 heavy (non-hydrogen) atoms. The molecule has 1 aliphatic rings. The van der Waals surface area contributed by atoms with Gasteiger partial charge in [-0.3, -0.25) is 4.79 Å². The molecule has 6 nitrogen and oxygen atoms in total. The summed E-state index contributed by atoms with van der Waals surface area (Å²) in [5.41, 5.74) is -3.79. The lowest BCUT2D eigenvalue weighted by Crippen LogP contribution is -2.43. The van der Waals surface area contributed by atoms with Gasteiger partial charge in [-0.2, -0.15) is 13.2 Å². The van der Waals surface area contributed by atoms with E-state index in [9.17, 15) is 22.8 Å². The van der Waals surface area contributed by atoms with Crippen molar-refractivity contribution in [3.8, 4) is 0 Å². The van der Waals surface area contributed by atoms with Crippen molar-refractivity contribution in [1.29, 1.82) is 0 Å². The number of rotatable bonds is 4. The largest absolute Gasteiger partial charge is 0.446 e. The molecule has 0 saturated carbocycles. The fourth-order valence-electron chi connectivity index (χ4n) is 3.45. The first kappa shape index (κ1) is 20.3. The van der Waals surface area contributed by atoms with Crippen molar-refractivity contribution in [2.45, 2.75) is 36.3 Å². The third kappa shape index (κ3) is 3.51. The van der Waals surface area contributed by atoms with E-state index in [1.807, 2.05) is 6.07 Å². The molecule has 3 heterocycles. The normalized spacial score (nSPS) is 16.7. The van der Waals surface area contributed by atoms with Gasteiger partial charge in [-0.1, -0.05) is 0 Å². The molecule has 1 N–H and O–H groups in total. The predicted octanol–water partition coefficient (Wildman–Crippen LogP) is 4.92. The number of thioether (sulfide) groups is 1. The Morgan fingerprint density at radius 3 is 2.47 bits per heavy atom. The maximum Gasteiger partial charge on any atom is 0.446 e. The maximum absolute atomic E-state index is 13.1. The third-order valence-corrected chi connectivity index (χ3v) is 5.77. The number of halogens is 3. The number of urea groups is 1. The molecule has 0 atom stereocenters. The maximum atomic E-state index is 13.1. The van der Waals surface area contributed by atoms with Gasteiger partial charge in [0.05, 0.1) is 5.69 Å². The van der Waals surface area contributed by atoms with Crippen LogP contribution in [0.2, 0.25) is 0 Å². The van der Waals surface area contributed by atoms with Crippen LogP contribution in [0.5, 0.6) is 0 Å². The Labute approximate surface area is 174 Å². The molecule has 3 amide bonds. The van der Waals surface area contributed by atoms with E-state index in [0.717, 1.165) is 15.8 Å². The van der Waals surface area contributed by atoms with Crippen molar-refractivity contribution in [1.82, 2.24) is 14.9 Å². The number of nitrogens with zero attached hydrogens (tertiary/aromatic N) is 3. The fourth-order valence-corrected chi connectivity index (χ4v) is 3.99. The second kappa shape index (κ2) is 7.05. The van der Waals surface area contributed by atoms with Crippen LogP contribution in [0.3, 0.4) is 0 Å². The summed E-state index contributed by atoms with van der Waals surface area (Å²) in [5, 5.41) is 0.848. The zero-order valence-corrected chi connectivity index (χ0v) is 16.8. The number of carbonyl (C=O) groups excluding carboxylic acids is 2. The molecule has 2 aromatic heterocycles. The number of benzene rings is 1. The van der Waals surface area contributed by atoms with Gasteiger partial charge in [-0.25, -0.2) is 14.7 Å². The van der Waals surface area contributed by atoms with Gasteiger partial charge in [-0.15, -0.1) is 0 Å². The summed E-state index contributed by atoms with van der Waals surface area (Å²) in [5.74, 6) is -0.442. The number of fused-ring (bicyclic) bond motifs is 1. The second-order valence-electron chi connectivity index (χ2n) is 7.32. The smallest absolute Gasteiger partial charge is 0.346 e. The molecule has 10 heteroatoms. The zero-order chi connectivity index (χ0) is 21.7. The van der Waals surface area contributed by atoms with Crippen molar-refractivity contribution in [2.24, 2.45) is 0 Å². The highest BCUT2D eigenvalue weighted by atomic mass is 32.2. The number of anilines is 1. The number of H-pyrrole nitrogens is 1. The van der Waals surface area contributed by atoms with E-state index in [2.05, 4.69) is 9.97 Å². The van der Waals surface area contributed by atoms with Gasteiger partial charge < -0.3 is 9.88 Å². The topological polar surface area (TPSA) is 69.3 Å². The molecule has 0 radical (unpaired) electrons. The number of amides is 3. The summed E-state index contributed by atoms with van der Waals surface area (Å²) in [4.78, 5) is 35.8. The van der Waals surface area contributed by atoms with Crippen molar-refractivity contribution in [3.63, 3.8) is 0 Å². The molecule has 1 aromatic carbocycles. The average molecular weight is 434 g/mol. The minimum Gasteiger partial charge on any atom is -0.346 e. The highest BCUT2D eigenvalue weighted by Crippen LogP contribution is 2.39. The molecule has 4 rings (SSSR count). The van der Waals surface area contributed by atoms with Gasteiger partial charge in [0.25, 0.3) is 5.91 Å². The number of carbonyl (C=O) groups is 2. The van der Waals surface area contributed by atoms with E-state index in [0.29, 0.717) is 5.65 Å². The molecular formula is C20H17F3N4O2S. The number of nitrogens with one attached hydrogen (secondary N) is 1. The van der Waals surface area contributed by atoms with E-state index in [1.54, 1.807) is 32.3 Å². The van der Waals surface area contributed by atoms with Crippen molar-refractivity contribution in [3.05, 3.63) is 54.4 Å². The quantitative estimate of drug-likeness (QED) is 0.467. The lowest BCUT2D eigenvalue weighted by Gasteiger charge is -2.27. The highest BCUT2D eigenvalue weighted by Gasteiger charge is 2.51. The lowest BCUT2D eigenvalue weighted by atomic mass is 10.0. The first-order chi connectivity index (χ1) is 14.1. The van der Waals surface area contributed by atoms with Crippen LogP contribution < -0.4 is 4.90 Å². The summed E-state index contributed by atoms with van der Waals surface area (Å²) < 4.78 is 37.6. The summed E-state index contributed by atoms with van der Waals surface area (Å²) >= 11 is -0.250. The van der Waals surface area contributed by atoms with Crippen LogP contribution in [-0.2, 0) is 11.3 Å². The Morgan fingerprint density at radius 2 is 1.80 bits per heavy atom. The number of aromatic amines is 1. The second-order valence-corrected chi connectivity index (χ2v) is 8.46. The zero-order valence-electron chi connectivity index (χ0n) is 16.0. The standard InChI is InChI=1S/C20H17F3N4O2S/c1-19(2)17(28)27(13-3-5-14(6-4-13)30-20(21,22)23)18(29)26(19)11-12-7-9-24-16-15(12)8-10-25-16/h3-10H,11H2,1-2H3,(H,24,25). The molecule has 0 bridgehead atoms. The Morgan fingerprint density at radius 1 is 1.10 bits per heavy atom. The number of aromatic nitrogens is 2. The number of hydrogen-bond donors (Lipinski definition) is 1. The van der Waals surface area contributed by atoms with Crippen molar-refractivity contribution < 1.29 is 22.8 Å². The minimum absolute atomic E-state index is 0.0203. The first-order valence-corrected chi connectivity index (χ1v) is 9.82. The van der Waals surface area contributed by atoms with Crippen molar-refractivity contribution >= 4 is 40.4 Å². The monoisotopic (exact) mass is 434 g/mol. The Balaban J connectivity index is 1.63. The van der Waals surface area contributed by atoms with Gasteiger partial charge >= 0.3 is 11.5 Å². The number of imide groups is 1. The molecule has 156 valence electrons. The van der Waals surface area contributed by atoms with Crippen LogP contribution >= 0.6 is 11.8 Å². The van der Waals surface area contributed by atoms with Crippen LogP contribution in [0.1, 0.15) is 19.4 Å². The molecule has 0 unspecified atom stereocenters. The summed E-state index contributed by atoms with van der Waals surface area (Å²) in [7, 11) is 0. The number of hydrogen-bond acceptors (Lipinski definition) is 4. The molecule has 1 aliphatic heterocycles. The SMILES string of the molecule is CC1(C)C(=O)N(c2ccc(SC(F)(F)F)cc2)C(=O)N1Cc1ccnc2[nH]ccc12. The Hall–Kier alpha value is -3.01. The van der Waals surface area contributed by atoms with E-state index in [1.165, 1.54) is 29.2 Å². The highest BCUT2D eigenvalue weighted by molar-refractivity contribution is 8.00. The Kier molecular flexibility index (Phi) is 4.76. The van der Waals surface area contributed by atoms with Crippen LogP contribution in [-0.4, -0.2) is 37.9 Å². The van der Waals surface area contributed by atoms with Crippen LogP contribution in [0.25, 0.3) is 11.0 Å². The molecule has 0 aliphatic carbocycles. The molecule has 1 fully saturated rings. The Bertz CT molecular complexity index is 1130. The van der Waals surface area contributed by atoms with Gasteiger partial charge in [0.15, 0.2) is 0 Å². The van der Waals surface area contributed by atoms with E-state index >= 15 is 0 Å². The average Bonchev–Trinajstić information content (AvgIpc) is 3.20. The number of alkyl halides is 3. The first-order valence-electron chi connectivity index (χ1n) is 9.01. The van der Waals surface area contributed by atoms with E-state index in [-0.39, 0.29) is 28.9 Å². The third-order valence-electron chi connectivity index (χ3n) is 5.03. The number of pyridine rings is 1.